The minimum absolute atomic E-state index is 0. The Bertz CT molecular complexity index is 980. The summed E-state index contributed by atoms with van der Waals surface area (Å²) in [5.74, 6) is 0. The van der Waals surface area contributed by atoms with Crippen LogP contribution >= 0.6 is 12.4 Å². The number of hydrogen-bond acceptors (Lipinski definition) is 5. The molecule has 0 heterocycles. The molecular formula is C16H17ClF3N3O4S. The molecule has 0 aliphatic carbocycles. The Balaban J connectivity index is 0.00000392. The molecule has 154 valence electrons. The van der Waals surface area contributed by atoms with E-state index in [2.05, 4.69) is 0 Å². The van der Waals surface area contributed by atoms with Crippen molar-refractivity contribution in [3.63, 3.8) is 0 Å². The highest BCUT2D eigenvalue weighted by molar-refractivity contribution is 7.89. The van der Waals surface area contributed by atoms with Crippen LogP contribution in [0.15, 0.2) is 41.3 Å². The molecule has 0 saturated heterocycles. The van der Waals surface area contributed by atoms with Gasteiger partial charge in [0.2, 0.25) is 10.0 Å². The Morgan fingerprint density at radius 3 is 2.11 bits per heavy atom. The van der Waals surface area contributed by atoms with Crippen LogP contribution in [-0.4, -0.2) is 13.3 Å². The van der Waals surface area contributed by atoms with Crippen molar-refractivity contribution in [2.75, 3.05) is 0 Å². The van der Waals surface area contributed by atoms with Crippen molar-refractivity contribution in [1.82, 2.24) is 0 Å². The summed E-state index contributed by atoms with van der Waals surface area (Å²) < 4.78 is 61.2. The molecule has 0 aliphatic rings. The predicted molar refractivity (Wildman–Crippen MR) is 98.5 cm³/mol. The number of nitro groups is 1. The highest BCUT2D eigenvalue weighted by Crippen LogP contribution is 2.32. The number of sulfonamides is 1. The van der Waals surface area contributed by atoms with Gasteiger partial charge < -0.3 is 5.73 Å². The lowest BCUT2D eigenvalue weighted by Gasteiger charge is -2.16. The van der Waals surface area contributed by atoms with E-state index in [1.54, 1.807) is 0 Å². The van der Waals surface area contributed by atoms with Crippen molar-refractivity contribution < 1.29 is 26.5 Å². The summed E-state index contributed by atoms with van der Waals surface area (Å²) in [5.41, 5.74) is 5.25. The lowest BCUT2D eigenvalue weighted by Crippen LogP contribution is -2.18. The van der Waals surface area contributed by atoms with E-state index in [4.69, 9.17) is 10.9 Å². The van der Waals surface area contributed by atoms with Crippen LogP contribution in [0, 0.1) is 17.0 Å². The molecule has 0 amide bonds. The number of primary sulfonamides is 1. The second-order valence-electron chi connectivity index (χ2n) is 5.92. The summed E-state index contributed by atoms with van der Waals surface area (Å²) in [6.07, 6.45) is -4.65. The van der Waals surface area contributed by atoms with Crippen LogP contribution < -0.4 is 10.9 Å². The van der Waals surface area contributed by atoms with E-state index in [1.165, 1.54) is 19.1 Å². The molecule has 0 aliphatic heterocycles. The van der Waals surface area contributed by atoms with E-state index in [1.807, 2.05) is 0 Å². The average molecular weight is 440 g/mol. The number of rotatable bonds is 5. The number of hydrogen-bond donors (Lipinski definition) is 2. The van der Waals surface area contributed by atoms with E-state index in [-0.39, 0.29) is 40.5 Å². The molecular weight excluding hydrogens is 423 g/mol. The SMILES string of the molecule is Cc1c(S(N)(=O)=O)ccc([N+](=O)[O-])c1C[C@H](N)c1ccc(C(F)(F)F)cc1.Cl. The Morgan fingerprint density at radius 1 is 1.14 bits per heavy atom. The van der Waals surface area contributed by atoms with Gasteiger partial charge in [-0.3, -0.25) is 10.1 Å². The van der Waals surface area contributed by atoms with E-state index in [9.17, 15) is 31.7 Å². The van der Waals surface area contributed by atoms with Crippen molar-refractivity contribution in [1.29, 1.82) is 0 Å². The van der Waals surface area contributed by atoms with Crippen molar-refractivity contribution in [2.45, 2.75) is 30.5 Å². The normalized spacial score (nSPS) is 12.9. The first-order valence-electron chi connectivity index (χ1n) is 7.54. The summed E-state index contributed by atoms with van der Waals surface area (Å²) in [7, 11) is -4.11. The fourth-order valence-electron chi connectivity index (χ4n) is 2.72. The van der Waals surface area contributed by atoms with Crippen LogP contribution in [0.4, 0.5) is 18.9 Å². The van der Waals surface area contributed by atoms with E-state index in [0.717, 1.165) is 24.3 Å². The van der Waals surface area contributed by atoms with Gasteiger partial charge in [0, 0.05) is 17.7 Å². The molecule has 12 heteroatoms. The molecule has 0 saturated carbocycles. The predicted octanol–water partition coefficient (Wildman–Crippen LogP) is 3.23. The minimum Gasteiger partial charge on any atom is -0.324 e. The quantitative estimate of drug-likeness (QED) is 0.545. The number of alkyl halides is 3. The highest BCUT2D eigenvalue weighted by atomic mass is 35.5. The lowest BCUT2D eigenvalue weighted by molar-refractivity contribution is -0.385. The summed E-state index contributed by atoms with van der Waals surface area (Å²) in [6, 6.07) is 5.24. The van der Waals surface area contributed by atoms with Gasteiger partial charge >= 0.3 is 6.18 Å². The molecule has 28 heavy (non-hydrogen) atoms. The van der Waals surface area contributed by atoms with Gasteiger partial charge in [-0.15, -0.1) is 12.4 Å². The van der Waals surface area contributed by atoms with E-state index >= 15 is 0 Å². The zero-order valence-corrected chi connectivity index (χ0v) is 16.1. The molecule has 2 aromatic carbocycles. The molecule has 1 atom stereocenters. The van der Waals surface area contributed by atoms with Gasteiger partial charge in [-0.2, -0.15) is 13.2 Å². The van der Waals surface area contributed by atoms with E-state index < -0.39 is 32.7 Å². The minimum atomic E-state index is -4.50. The van der Waals surface area contributed by atoms with Gasteiger partial charge in [-0.25, -0.2) is 13.6 Å². The summed E-state index contributed by atoms with van der Waals surface area (Å²) in [6.45, 7) is 1.36. The molecule has 0 spiro atoms. The monoisotopic (exact) mass is 439 g/mol. The fourth-order valence-corrected chi connectivity index (χ4v) is 3.52. The average Bonchev–Trinajstić information content (AvgIpc) is 2.54. The third kappa shape index (κ3) is 5.19. The van der Waals surface area contributed by atoms with Gasteiger partial charge in [-0.05, 0) is 42.7 Å². The first-order chi connectivity index (χ1) is 12.3. The van der Waals surface area contributed by atoms with Crippen molar-refractivity contribution in [2.24, 2.45) is 10.9 Å². The van der Waals surface area contributed by atoms with Crippen LogP contribution in [-0.2, 0) is 22.6 Å². The molecule has 4 N–H and O–H groups in total. The maximum Gasteiger partial charge on any atom is 0.416 e. The third-order valence-electron chi connectivity index (χ3n) is 4.12. The second kappa shape index (κ2) is 8.43. The zero-order valence-electron chi connectivity index (χ0n) is 14.4. The molecule has 2 rings (SSSR count). The Morgan fingerprint density at radius 2 is 1.68 bits per heavy atom. The highest BCUT2D eigenvalue weighted by Gasteiger charge is 2.30. The maximum atomic E-state index is 12.6. The second-order valence-corrected chi connectivity index (χ2v) is 7.45. The first-order valence-corrected chi connectivity index (χ1v) is 9.09. The van der Waals surface area contributed by atoms with Gasteiger partial charge in [0.05, 0.1) is 15.4 Å². The lowest BCUT2D eigenvalue weighted by atomic mass is 9.95. The van der Waals surface area contributed by atoms with Gasteiger partial charge in [0.25, 0.3) is 5.69 Å². The molecule has 0 fully saturated rings. The number of nitro benzene ring substituents is 1. The van der Waals surface area contributed by atoms with Gasteiger partial charge in [0.15, 0.2) is 0 Å². The molecule has 7 nitrogen and oxygen atoms in total. The zero-order chi connectivity index (χ0) is 20.6. The van der Waals surface area contributed by atoms with Crippen molar-refractivity contribution in [3.8, 4) is 0 Å². The Labute approximate surface area is 165 Å². The maximum absolute atomic E-state index is 12.6. The van der Waals surface area contributed by atoms with Crippen molar-refractivity contribution >= 4 is 28.1 Å². The summed E-state index contributed by atoms with van der Waals surface area (Å²) in [5, 5.41) is 16.4. The topological polar surface area (TPSA) is 129 Å². The summed E-state index contributed by atoms with van der Waals surface area (Å²) in [4.78, 5) is 10.3. The smallest absolute Gasteiger partial charge is 0.324 e. The standard InChI is InChI=1S/C16H16F3N3O4S.ClH/c1-9-12(14(22(23)24)6-7-15(9)27(21,25)26)8-13(20)10-2-4-11(5-3-10)16(17,18)19;/h2-7,13H,8,20H2,1H3,(H2,21,25,26);1H/t13-;/m0./s1. The van der Waals surface area contributed by atoms with Crippen LogP contribution in [0.2, 0.25) is 0 Å². The summed E-state index contributed by atoms with van der Waals surface area (Å²) >= 11 is 0. The number of nitrogens with zero attached hydrogens (tertiary/aromatic N) is 1. The van der Waals surface area contributed by atoms with Crippen molar-refractivity contribution in [3.05, 3.63) is 68.8 Å². The molecule has 0 aromatic heterocycles. The largest absolute Gasteiger partial charge is 0.416 e. The fraction of sp³-hybridized carbons (Fsp3) is 0.250. The van der Waals surface area contributed by atoms with Crippen LogP contribution in [0.3, 0.4) is 0 Å². The molecule has 0 bridgehead atoms. The number of benzene rings is 2. The molecule has 0 radical (unpaired) electrons. The molecule has 2 aromatic rings. The third-order valence-corrected chi connectivity index (χ3v) is 5.17. The van der Waals surface area contributed by atoms with Crippen LogP contribution in [0.5, 0.6) is 0 Å². The Hall–Kier alpha value is -2.21. The Kier molecular flexibility index (Phi) is 7.18. The first kappa shape index (κ1) is 23.8. The molecule has 0 unspecified atom stereocenters. The van der Waals surface area contributed by atoms with Crippen LogP contribution in [0.25, 0.3) is 0 Å². The van der Waals surface area contributed by atoms with Crippen LogP contribution in [0.1, 0.15) is 28.3 Å². The van der Waals surface area contributed by atoms with E-state index in [0.29, 0.717) is 5.56 Å². The number of halogens is 4. The van der Waals surface area contributed by atoms with Gasteiger partial charge in [0.1, 0.15) is 0 Å². The van der Waals surface area contributed by atoms with Gasteiger partial charge in [-0.1, -0.05) is 12.1 Å². The number of nitrogens with two attached hydrogens (primary N) is 2.